The normalized spacial score (nSPS) is 118. The van der Waals surface area contributed by atoms with Crippen molar-refractivity contribution >= 4 is 0 Å². The Morgan fingerprint density at radius 1 is 0.350 bits per heavy atom. The van der Waals surface area contributed by atoms with Crippen LogP contribution in [0.25, 0.3) is 0 Å². The maximum atomic E-state index is 2.98. The Kier molecular flexibility index (Phi) is 1.14. The minimum Gasteiger partial charge on any atom is -0.0616 e. The molecule has 196 valence electrons. The smallest absolute Gasteiger partial charge is 0.00932 e. The van der Waals surface area contributed by atoms with E-state index in [1.165, 1.54) is 136 Å². The maximum absolute atomic E-state index is 2.98. The Morgan fingerprint density at radius 2 is 0.750 bits per heavy atom. The summed E-state index contributed by atoms with van der Waals surface area (Å²) in [6.07, 6.45) is 8.83. The number of rotatable bonds is 0. The van der Waals surface area contributed by atoms with Gasteiger partial charge in [0.25, 0.3) is 0 Å². The third-order valence-corrected chi connectivity index (χ3v) is 30.1. The third kappa shape index (κ3) is 0.505. The van der Waals surface area contributed by atoms with Crippen LogP contribution in [0.3, 0.4) is 0 Å². The minimum absolute atomic E-state index is 1.00. The molecule has 23 aliphatic rings. The summed E-state index contributed by atoms with van der Waals surface area (Å²) in [7, 11) is 0. The largest absolute Gasteiger partial charge is 0.0616 e. The fraction of sp³-hybridized carbons (Fsp3) is 1.00. The second-order valence-corrected chi connectivity index (χ2v) is 24.0. The second-order valence-electron chi connectivity index (χ2n) is 24.0. The molecule has 0 aromatic carbocycles. The SMILES string of the molecule is C[C@H]1[C@H]2[C@H]3[C@H]4[C@H]5[C@H]6CC7CC8C9C%10C%11C%12C%13C%14C%15C%16C%17C%18CC%19C[C@H]%20[C@H]%21[C@H]%22[C@H]%23CC%14(C%15%23C%16%22C%17%21C%19%18%20)C%131C%122C%113C%104C95C786. The van der Waals surface area contributed by atoms with E-state index < -0.39 is 0 Å². The molecule has 0 saturated heterocycles. The van der Waals surface area contributed by atoms with Gasteiger partial charge in [0.15, 0.2) is 0 Å². The quantitative estimate of drug-likeness (QED) is 0.410. The first-order valence-electron chi connectivity index (χ1n) is 19.7. The van der Waals surface area contributed by atoms with Gasteiger partial charge < -0.3 is 0 Å². The molecule has 23 rings (SSSR count). The van der Waals surface area contributed by atoms with Crippen molar-refractivity contribution in [3.8, 4) is 0 Å². The van der Waals surface area contributed by atoms with Crippen molar-refractivity contribution in [2.45, 2.75) is 39.0 Å². The average Bonchev–Trinajstić information content (AvgIpc) is 2.82. The summed E-state index contributed by atoms with van der Waals surface area (Å²) in [5, 5.41) is 0. The van der Waals surface area contributed by atoms with Crippen LogP contribution in [0.5, 0.6) is 0 Å². The summed E-state index contributed by atoms with van der Waals surface area (Å²) in [6.45, 7) is 2.98. The molecule has 0 N–H and O–H groups in total. The van der Waals surface area contributed by atoms with Crippen LogP contribution < -0.4 is 0 Å². The predicted molar refractivity (Wildman–Crippen MR) is 136 cm³/mol. The maximum Gasteiger partial charge on any atom is -0.00932 e. The van der Waals surface area contributed by atoms with E-state index in [0.29, 0.717) is 0 Å². The molecule has 23 aliphatic carbocycles. The van der Waals surface area contributed by atoms with Crippen LogP contribution in [0.2, 0.25) is 0 Å². The lowest BCUT2D eigenvalue weighted by Crippen LogP contribution is -3.32. The van der Waals surface area contributed by atoms with Gasteiger partial charge in [-0.2, -0.15) is 0 Å². The van der Waals surface area contributed by atoms with Crippen LogP contribution in [-0.4, -0.2) is 0 Å². The highest BCUT2D eigenvalue weighted by molar-refractivity contribution is 5.79. The Balaban J connectivity index is 0.794. The number of fused-ring (bicyclic) bond motifs is 17. The van der Waals surface area contributed by atoms with E-state index in [2.05, 4.69) is 6.92 Å². The molecule has 0 heteroatoms. The van der Waals surface area contributed by atoms with Crippen molar-refractivity contribution in [1.29, 1.82) is 0 Å². The molecule has 0 aliphatic heterocycles. The van der Waals surface area contributed by atoms with Crippen LogP contribution in [0.4, 0.5) is 0 Å². The highest BCUT2D eigenvalue weighted by Crippen LogP contribution is 3.36. The monoisotopic (exact) mass is 516 g/mol. The van der Waals surface area contributed by atoms with Gasteiger partial charge in [0.2, 0.25) is 0 Å². The van der Waals surface area contributed by atoms with Crippen LogP contribution in [0.15, 0.2) is 0 Å². The summed E-state index contributed by atoms with van der Waals surface area (Å²) in [4.78, 5) is 0. The van der Waals surface area contributed by atoms with Gasteiger partial charge in [-0.1, -0.05) is 6.92 Å². The average molecular weight is 517 g/mol. The Labute approximate surface area is 234 Å². The van der Waals surface area contributed by atoms with Crippen molar-refractivity contribution in [2.75, 3.05) is 0 Å². The fourth-order valence-electron chi connectivity index (χ4n) is 34.8. The van der Waals surface area contributed by atoms with Crippen LogP contribution >= 0.6 is 0 Å². The molecule has 0 heterocycles. The van der Waals surface area contributed by atoms with Gasteiger partial charge in [-0.3, -0.25) is 0 Å². The summed E-state index contributed by atoms with van der Waals surface area (Å²) >= 11 is 0. The van der Waals surface area contributed by atoms with E-state index in [-0.39, 0.29) is 0 Å². The molecule has 23 fully saturated rings. The Bertz CT molecular complexity index is 1930. The van der Waals surface area contributed by atoms with Crippen molar-refractivity contribution < 1.29 is 0 Å². The van der Waals surface area contributed by atoms with Crippen LogP contribution in [-0.2, 0) is 0 Å². The van der Waals surface area contributed by atoms with E-state index in [9.17, 15) is 0 Å². The summed E-state index contributed by atoms with van der Waals surface area (Å²) in [5.74, 6) is 30.5. The number of hydrogen-bond donors (Lipinski definition) is 0. The van der Waals surface area contributed by atoms with Gasteiger partial charge in [-0.05, 0) is 228 Å². The van der Waals surface area contributed by atoms with E-state index in [1.807, 2.05) is 6.42 Å². The molecule has 0 radical (unpaired) electrons. The molecule has 40 heavy (non-hydrogen) atoms. The van der Waals surface area contributed by atoms with Gasteiger partial charge in [0.05, 0.1) is 0 Å². The molecule has 11 spiro atoms. The Morgan fingerprint density at radius 3 is 1.35 bits per heavy atom. The predicted octanol–water partition coefficient (Wildman–Crippen LogP) is 5.29. The van der Waals surface area contributed by atoms with Crippen molar-refractivity contribution in [3.05, 3.63) is 0 Å². The van der Waals surface area contributed by atoms with Crippen LogP contribution in [0.1, 0.15) is 39.0 Å². The zero-order valence-corrected chi connectivity index (χ0v) is 23.3. The van der Waals surface area contributed by atoms with E-state index in [4.69, 9.17) is 0 Å². The Hall–Kier alpha value is 0. The first kappa shape index (κ1) is 15.8. The third-order valence-electron chi connectivity index (χ3n) is 30.1. The summed E-state index contributed by atoms with van der Waals surface area (Å²) in [5.41, 5.74) is 11.6. The van der Waals surface area contributed by atoms with Crippen molar-refractivity contribution in [1.82, 2.24) is 0 Å². The lowest BCUT2D eigenvalue weighted by Gasteiger charge is -3.34. The van der Waals surface area contributed by atoms with Gasteiger partial charge >= 0.3 is 0 Å². The topological polar surface area (TPSA) is 0 Å². The zero-order chi connectivity index (χ0) is 23.3. The molecule has 0 bridgehead atoms. The number of hydrogen-bond acceptors (Lipinski definition) is 0. The molecular formula is C40H36. The summed E-state index contributed by atoms with van der Waals surface area (Å²) in [6, 6.07) is 0. The van der Waals surface area contributed by atoms with Gasteiger partial charge in [0.1, 0.15) is 0 Å². The zero-order valence-electron chi connectivity index (χ0n) is 23.3. The molecule has 24 unspecified atom stereocenters. The molecular weight excluding hydrogens is 480 g/mol. The lowest BCUT2D eigenvalue weighted by atomic mass is 8.69. The molecule has 23 saturated carbocycles. The molecule has 0 aromatic rings. The van der Waals surface area contributed by atoms with Gasteiger partial charge in [0, 0.05) is 0 Å². The minimum atomic E-state index is 1.00. The highest BCUT2D eigenvalue weighted by Gasteiger charge is 3.34. The van der Waals surface area contributed by atoms with Crippen molar-refractivity contribution in [2.24, 2.45) is 196 Å². The van der Waals surface area contributed by atoms with Crippen molar-refractivity contribution in [3.63, 3.8) is 0 Å². The first-order valence-corrected chi connectivity index (χ1v) is 19.7. The van der Waals surface area contributed by atoms with E-state index >= 15 is 0 Å². The second kappa shape index (κ2) is 2.87. The summed E-state index contributed by atoms with van der Waals surface area (Å²) < 4.78 is 0. The standard InChI is InChI=1S/C40H36/c1-7-15-22-23-17-11-4-9-5-13-19-25-28-29-26-21-27-24-18-12-3-8-2-10-16-20-14-6-30(21,34(14,27)38(20,24)35(16,18)31(8,10)12)33(7,26)37(15,29)40(22,28)39(23,25)36(17,19)32(9,11)13/h7-29H,2-6H2,1H3/t7-,8?,9?,10-,11+,12?,13?,14+,15-,16-,17+,18?,19?,20+,21?,22-,23+,24?,25?,26?,27?,28?,29?,30?,31?,32?,33?,34?,35?,36?,37?,38?,39?,40?/m0/s1. The molecule has 34 atom stereocenters. The van der Waals surface area contributed by atoms with Gasteiger partial charge in [-0.25, -0.2) is 0 Å². The van der Waals surface area contributed by atoms with E-state index in [0.717, 1.165) is 59.6 Å². The first-order chi connectivity index (χ1) is 19.7. The van der Waals surface area contributed by atoms with E-state index in [1.54, 1.807) is 25.7 Å². The molecule has 0 amide bonds. The van der Waals surface area contributed by atoms with Gasteiger partial charge in [-0.15, -0.1) is 0 Å². The van der Waals surface area contributed by atoms with Crippen LogP contribution in [0, 0.1) is 196 Å². The highest BCUT2D eigenvalue weighted by atomic mass is 15.4. The lowest BCUT2D eigenvalue weighted by molar-refractivity contribution is -0.889. The molecule has 0 aromatic heterocycles. The molecule has 0 nitrogen and oxygen atoms in total. The fourth-order valence-corrected chi connectivity index (χ4v) is 34.8.